The minimum Gasteiger partial charge on any atom is -0.496 e. The molecule has 2 rings (SSSR count). The van der Waals surface area contributed by atoms with Crippen molar-refractivity contribution in [1.82, 2.24) is 4.90 Å². The van der Waals surface area contributed by atoms with Crippen LogP contribution in [-0.4, -0.2) is 42.7 Å². The largest absolute Gasteiger partial charge is 0.496 e. The normalized spacial score (nSPS) is 18.4. The minimum absolute atomic E-state index is 0.0550. The highest BCUT2D eigenvalue weighted by Gasteiger charge is 2.28. The zero-order valence-electron chi connectivity index (χ0n) is 11.2. The van der Waals surface area contributed by atoms with E-state index in [9.17, 15) is 4.79 Å². The number of amides is 1. The number of hydrogen-bond donors (Lipinski definition) is 1. The molecule has 0 saturated carbocycles. The molecule has 0 aromatic heterocycles. The summed E-state index contributed by atoms with van der Waals surface area (Å²) < 4.78 is 6.14. The Balaban J connectivity index is 2.19. The van der Waals surface area contributed by atoms with Crippen LogP contribution in [0.1, 0.15) is 23.2 Å². The molecule has 1 atom stereocenters. The molecule has 1 heterocycles. The molecule has 1 saturated heterocycles. The van der Waals surface area contributed by atoms with Gasteiger partial charge in [-0.15, -0.1) is 0 Å². The van der Waals surface area contributed by atoms with Gasteiger partial charge in [0.05, 0.1) is 17.7 Å². The summed E-state index contributed by atoms with van der Waals surface area (Å²) >= 11 is 8.22. The summed E-state index contributed by atoms with van der Waals surface area (Å²) in [5.41, 5.74) is 0.502. The first-order valence-corrected chi connectivity index (χ1v) is 7.95. The minimum atomic E-state index is -0.0550. The van der Waals surface area contributed by atoms with Crippen molar-refractivity contribution in [2.75, 3.05) is 26.8 Å². The van der Waals surface area contributed by atoms with Crippen LogP contribution in [0, 0.1) is 9.49 Å². The highest BCUT2D eigenvalue weighted by Crippen LogP contribution is 2.30. The van der Waals surface area contributed by atoms with Crippen molar-refractivity contribution >= 4 is 40.1 Å². The van der Waals surface area contributed by atoms with Crippen molar-refractivity contribution in [1.29, 1.82) is 0 Å². The molecular weight excluding hydrogens is 393 g/mol. The smallest absolute Gasteiger partial charge is 0.257 e. The van der Waals surface area contributed by atoms with E-state index in [1.807, 2.05) is 0 Å². The molecule has 1 N–H and O–H groups in total. The lowest BCUT2D eigenvalue weighted by Gasteiger charge is -2.18. The number of nitrogens with zero attached hydrogens (tertiary/aromatic N) is 1. The second kappa shape index (κ2) is 6.95. The lowest BCUT2D eigenvalue weighted by Crippen LogP contribution is -2.29. The zero-order chi connectivity index (χ0) is 14.7. The maximum atomic E-state index is 12.6. The fourth-order valence-corrected chi connectivity index (χ4v) is 3.07. The average Bonchev–Trinajstić information content (AvgIpc) is 2.89. The molecule has 4 nitrogen and oxygen atoms in total. The summed E-state index contributed by atoms with van der Waals surface area (Å²) in [6, 6.07) is 3.45. The Morgan fingerprint density at radius 1 is 1.60 bits per heavy atom. The van der Waals surface area contributed by atoms with Crippen LogP contribution in [0.5, 0.6) is 5.75 Å². The summed E-state index contributed by atoms with van der Waals surface area (Å²) in [5, 5.41) is 9.53. The zero-order valence-corrected chi connectivity index (χ0v) is 14.1. The molecule has 1 aliphatic rings. The Bertz CT molecular complexity index is 509. The van der Waals surface area contributed by atoms with Crippen LogP contribution in [0.3, 0.4) is 0 Å². The Hall–Kier alpha value is -0.530. The monoisotopic (exact) mass is 409 g/mol. The molecule has 1 amide bonds. The van der Waals surface area contributed by atoms with Gasteiger partial charge in [0.2, 0.25) is 0 Å². The fourth-order valence-electron chi connectivity index (χ4n) is 2.47. The van der Waals surface area contributed by atoms with E-state index in [1.165, 1.54) is 0 Å². The molecule has 1 fully saturated rings. The van der Waals surface area contributed by atoms with Crippen LogP contribution < -0.4 is 4.74 Å². The number of aliphatic hydroxyl groups excluding tert-OH is 1. The van der Waals surface area contributed by atoms with Crippen LogP contribution in [0.4, 0.5) is 0 Å². The van der Waals surface area contributed by atoms with E-state index >= 15 is 0 Å². The van der Waals surface area contributed by atoms with Gasteiger partial charge in [0, 0.05) is 23.3 Å². The summed E-state index contributed by atoms with van der Waals surface area (Å²) in [6.45, 7) is 1.58. The summed E-state index contributed by atoms with van der Waals surface area (Å²) in [6.07, 6.45) is 1.68. The molecular formula is C14H17ClINO3. The second-order valence-corrected chi connectivity index (χ2v) is 6.45. The van der Waals surface area contributed by atoms with E-state index in [-0.39, 0.29) is 12.5 Å². The van der Waals surface area contributed by atoms with E-state index in [0.717, 1.165) is 23.0 Å². The van der Waals surface area contributed by atoms with Crippen molar-refractivity contribution in [2.45, 2.75) is 12.8 Å². The molecule has 1 aromatic carbocycles. The Morgan fingerprint density at radius 3 is 3.00 bits per heavy atom. The van der Waals surface area contributed by atoms with Gasteiger partial charge in [-0.25, -0.2) is 0 Å². The number of carbonyl (C=O) groups is 1. The SMILES string of the molecule is COc1cc(I)c(Cl)cc1C(=O)N1CCC(CCO)C1. The van der Waals surface area contributed by atoms with Gasteiger partial charge in [0.1, 0.15) is 5.75 Å². The number of ether oxygens (including phenoxy) is 1. The predicted octanol–water partition coefficient (Wildman–Crippen LogP) is 2.80. The van der Waals surface area contributed by atoms with Crippen LogP contribution in [0.15, 0.2) is 12.1 Å². The molecule has 110 valence electrons. The number of halogens is 2. The van der Waals surface area contributed by atoms with Crippen molar-refractivity contribution in [2.24, 2.45) is 5.92 Å². The highest BCUT2D eigenvalue weighted by molar-refractivity contribution is 14.1. The third-order valence-electron chi connectivity index (χ3n) is 3.58. The maximum Gasteiger partial charge on any atom is 0.257 e. The molecule has 0 radical (unpaired) electrons. The van der Waals surface area contributed by atoms with Gasteiger partial charge in [0.25, 0.3) is 5.91 Å². The lowest BCUT2D eigenvalue weighted by atomic mass is 10.1. The number of rotatable bonds is 4. The van der Waals surface area contributed by atoms with Gasteiger partial charge >= 0.3 is 0 Å². The van der Waals surface area contributed by atoms with Crippen molar-refractivity contribution in [3.8, 4) is 5.75 Å². The molecule has 0 bridgehead atoms. The molecule has 1 aliphatic heterocycles. The van der Waals surface area contributed by atoms with E-state index in [1.54, 1.807) is 24.1 Å². The average molecular weight is 410 g/mol. The molecule has 1 aromatic rings. The summed E-state index contributed by atoms with van der Waals surface area (Å²) in [7, 11) is 1.55. The van der Waals surface area contributed by atoms with Crippen molar-refractivity contribution in [3.63, 3.8) is 0 Å². The first kappa shape index (κ1) is 15.9. The molecule has 1 unspecified atom stereocenters. The standard InChI is InChI=1S/C14H17ClINO3/c1-20-13-7-12(16)11(15)6-10(13)14(19)17-4-2-9(8-17)3-5-18/h6-7,9,18H,2-5,8H2,1H3. The Kier molecular flexibility index (Phi) is 5.51. The van der Waals surface area contributed by atoms with Crippen LogP contribution in [-0.2, 0) is 0 Å². The van der Waals surface area contributed by atoms with Crippen LogP contribution >= 0.6 is 34.2 Å². The van der Waals surface area contributed by atoms with Gasteiger partial charge in [-0.3, -0.25) is 4.79 Å². The predicted molar refractivity (Wildman–Crippen MR) is 86.4 cm³/mol. The lowest BCUT2D eigenvalue weighted by molar-refractivity contribution is 0.0781. The Morgan fingerprint density at radius 2 is 2.35 bits per heavy atom. The summed E-state index contributed by atoms with van der Waals surface area (Å²) in [4.78, 5) is 14.4. The number of carbonyl (C=O) groups excluding carboxylic acids is 1. The second-order valence-electron chi connectivity index (χ2n) is 4.88. The van der Waals surface area contributed by atoms with E-state index in [2.05, 4.69) is 22.6 Å². The number of methoxy groups -OCH3 is 1. The highest BCUT2D eigenvalue weighted by atomic mass is 127. The van der Waals surface area contributed by atoms with E-state index in [0.29, 0.717) is 28.8 Å². The van der Waals surface area contributed by atoms with Gasteiger partial charge in [-0.1, -0.05) is 11.6 Å². The van der Waals surface area contributed by atoms with Crippen molar-refractivity contribution < 1.29 is 14.6 Å². The third-order valence-corrected chi connectivity index (χ3v) is 5.11. The van der Waals surface area contributed by atoms with Crippen LogP contribution in [0.2, 0.25) is 5.02 Å². The Labute approximate surface area is 137 Å². The number of benzene rings is 1. The molecule has 20 heavy (non-hydrogen) atoms. The number of aliphatic hydroxyl groups is 1. The van der Waals surface area contributed by atoms with Gasteiger partial charge in [0.15, 0.2) is 0 Å². The topological polar surface area (TPSA) is 49.8 Å². The quantitative estimate of drug-likeness (QED) is 0.778. The van der Waals surface area contributed by atoms with Gasteiger partial charge in [-0.2, -0.15) is 0 Å². The fraction of sp³-hybridized carbons (Fsp3) is 0.500. The number of likely N-dealkylation sites (tertiary alicyclic amines) is 1. The molecule has 0 aliphatic carbocycles. The van der Waals surface area contributed by atoms with E-state index < -0.39 is 0 Å². The van der Waals surface area contributed by atoms with Crippen molar-refractivity contribution in [3.05, 3.63) is 26.3 Å². The maximum absolute atomic E-state index is 12.6. The molecule has 6 heteroatoms. The first-order valence-electron chi connectivity index (χ1n) is 6.50. The van der Waals surface area contributed by atoms with Crippen LogP contribution in [0.25, 0.3) is 0 Å². The number of hydrogen-bond acceptors (Lipinski definition) is 3. The first-order chi connectivity index (χ1) is 9.56. The van der Waals surface area contributed by atoms with Gasteiger partial charge in [-0.05, 0) is 53.5 Å². The van der Waals surface area contributed by atoms with E-state index in [4.69, 9.17) is 21.4 Å². The third kappa shape index (κ3) is 3.38. The van der Waals surface area contributed by atoms with Gasteiger partial charge < -0.3 is 14.7 Å². The summed E-state index contributed by atoms with van der Waals surface area (Å²) in [5.74, 6) is 0.879. The molecule has 0 spiro atoms.